The van der Waals surface area contributed by atoms with Crippen LogP contribution in [0.3, 0.4) is 0 Å². The number of halogens is 4. The second-order valence-electron chi connectivity index (χ2n) is 5.29. The van der Waals surface area contributed by atoms with Gasteiger partial charge in [-0.2, -0.15) is 13.2 Å². The van der Waals surface area contributed by atoms with Crippen molar-refractivity contribution >= 4 is 23.0 Å². The Morgan fingerprint density at radius 3 is 2.61 bits per heavy atom. The molecule has 2 aromatic carbocycles. The highest BCUT2D eigenvalue weighted by molar-refractivity contribution is 6.17. The Kier molecular flexibility index (Phi) is 4.39. The Bertz CT molecular complexity index is 702. The van der Waals surface area contributed by atoms with Crippen LogP contribution in [-0.4, -0.2) is 12.4 Å². The van der Waals surface area contributed by atoms with E-state index >= 15 is 0 Å². The van der Waals surface area contributed by atoms with Crippen molar-refractivity contribution in [2.24, 2.45) is 0 Å². The SMILES string of the molecule is FC(F)(F)c1ccc2c(c1)N(CCCCl)c1ccccc1CO2. The van der Waals surface area contributed by atoms with Crippen LogP contribution in [0, 0.1) is 0 Å². The number of fused-ring (bicyclic) bond motifs is 2. The summed E-state index contributed by atoms with van der Waals surface area (Å²) in [5.41, 5.74) is 1.53. The lowest BCUT2D eigenvalue weighted by Gasteiger charge is -2.26. The van der Waals surface area contributed by atoms with Gasteiger partial charge in [-0.25, -0.2) is 0 Å². The third-order valence-electron chi connectivity index (χ3n) is 3.76. The standard InChI is InChI=1S/C17H15ClF3NO/c18-8-3-9-22-14-5-2-1-4-12(14)11-23-16-7-6-13(10-15(16)22)17(19,20)21/h1-2,4-7,10H,3,8-9,11H2. The smallest absolute Gasteiger partial charge is 0.416 e. The van der Waals surface area contributed by atoms with E-state index in [4.69, 9.17) is 16.3 Å². The highest BCUT2D eigenvalue weighted by Crippen LogP contribution is 2.42. The van der Waals surface area contributed by atoms with Crippen LogP contribution in [0.1, 0.15) is 17.5 Å². The molecule has 0 radical (unpaired) electrons. The van der Waals surface area contributed by atoms with E-state index < -0.39 is 11.7 Å². The molecule has 0 saturated heterocycles. The van der Waals surface area contributed by atoms with Gasteiger partial charge < -0.3 is 9.64 Å². The lowest BCUT2D eigenvalue weighted by Crippen LogP contribution is -2.20. The topological polar surface area (TPSA) is 12.5 Å². The first-order chi connectivity index (χ1) is 11.0. The first-order valence-corrected chi connectivity index (χ1v) is 7.79. The highest BCUT2D eigenvalue weighted by atomic mass is 35.5. The molecule has 2 nitrogen and oxygen atoms in total. The molecule has 0 saturated carbocycles. The molecular formula is C17H15ClF3NO. The maximum Gasteiger partial charge on any atom is 0.416 e. The fourth-order valence-electron chi connectivity index (χ4n) is 2.67. The summed E-state index contributed by atoms with van der Waals surface area (Å²) < 4.78 is 44.9. The molecule has 0 unspecified atom stereocenters. The van der Waals surface area contributed by atoms with Crippen molar-refractivity contribution in [3.63, 3.8) is 0 Å². The average molecular weight is 342 g/mol. The van der Waals surface area contributed by atoms with Crippen molar-refractivity contribution in [1.82, 2.24) is 0 Å². The van der Waals surface area contributed by atoms with Crippen molar-refractivity contribution < 1.29 is 17.9 Å². The van der Waals surface area contributed by atoms with E-state index in [9.17, 15) is 13.2 Å². The van der Waals surface area contributed by atoms with Crippen molar-refractivity contribution in [1.29, 1.82) is 0 Å². The first-order valence-electron chi connectivity index (χ1n) is 7.26. The van der Waals surface area contributed by atoms with Gasteiger partial charge in [0, 0.05) is 23.7 Å². The number of benzene rings is 2. The summed E-state index contributed by atoms with van der Waals surface area (Å²) in [4.78, 5) is 1.86. The molecule has 0 spiro atoms. The van der Waals surface area contributed by atoms with Gasteiger partial charge in [0.15, 0.2) is 0 Å². The summed E-state index contributed by atoms with van der Waals surface area (Å²) in [5, 5.41) is 0. The van der Waals surface area contributed by atoms with Crippen LogP contribution in [-0.2, 0) is 12.8 Å². The summed E-state index contributed by atoms with van der Waals surface area (Å²) in [6, 6.07) is 11.1. The second kappa shape index (κ2) is 6.32. The Morgan fingerprint density at radius 1 is 1.09 bits per heavy atom. The zero-order chi connectivity index (χ0) is 16.4. The Labute approximate surface area is 137 Å². The maximum absolute atomic E-state index is 13.1. The van der Waals surface area contributed by atoms with Crippen LogP contribution in [0.2, 0.25) is 0 Å². The summed E-state index contributed by atoms with van der Waals surface area (Å²) in [6.07, 6.45) is -3.73. The van der Waals surface area contributed by atoms with Gasteiger partial charge in [-0.15, -0.1) is 11.6 Å². The highest BCUT2D eigenvalue weighted by Gasteiger charge is 2.32. The van der Waals surface area contributed by atoms with Crippen LogP contribution in [0.4, 0.5) is 24.5 Å². The monoisotopic (exact) mass is 341 g/mol. The number of nitrogens with zero attached hydrogens (tertiary/aromatic N) is 1. The molecular weight excluding hydrogens is 327 g/mol. The third-order valence-corrected chi connectivity index (χ3v) is 4.03. The van der Waals surface area contributed by atoms with Crippen LogP contribution >= 0.6 is 11.6 Å². The van der Waals surface area contributed by atoms with E-state index in [-0.39, 0.29) is 0 Å². The van der Waals surface area contributed by atoms with Gasteiger partial charge in [0.05, 0.1) is 11.3 Å². The third kappa shape index (κ3) is 3.24. The lowest BCUT2D eigenvalue weighted by atomic mass is 10.1. The van der Waals surface area contributed by atoms with Crippen molar-refractivity contribution in [2.75, 3.05) is 17.3 Å². The number of alkyl halides is 4. The molecule has 1 aliphatic heterocycles. The first kappa shape index (κ1) is 16.0. The van der Waals surface area contributed by atoms with Gasteiger partial charge in [-0.3, -0.25) is 0 Å². The van der Waals surface area contributed by atoms with Gasteiger partial charge >= 0.3 is 6.18 Å². The van der Waals surface area contributed by atoms with E-state index in [1.165, 1.54) is 6.07 Å². The fourth-order valence-corrected chi connectivity index (χ4v) is 2.79. The van der Waals surface area contributed by atoms with Gasteiger partial charge in [0.1, 0.15) is 12.4 Å². The molecule has 122 valence electrons. The van der Waals surface area contributed by atoms with E-state index in [1.54, 1.807) is 0 Å². The van der Waals surface area contributed by atoms with E-state index in [0.717, 1.165) is 23.4 Å². The zero-order valence-corrected chi connectivity index (χ0v) is 13.0. The second-order valence-corrected chi connectivity index (χ2v) is 5.67. The minimum Gasteiger partial charge on any atom is -0.487 e. The van der Waals surface area contributed by atoms with Gasteiger partial charge in [-0.1, -0.05) is 18.2 Å². The molecule has 3 rings (SSSR count). The number of ether oxygens (including phenoxy) is 1. The summed E-state index contributed by atoms with van der Waals surface area (Å²) >= 11 is 5.78. The quantitative estimate of drug-likeness (QED) is 0.696. The van der Waals surface area contributed by atoms with Crippen LogP contribution < -0.4 is 9.64 Å². The summed E-state index contributed by atoms with van der Waals surface area (Å²) in [5.74, 6) is 0.886. The van der Waals surface area contributed by atoms with Crippen LogP contribution in [0.15, 0.2) is 42.5 Å². The van der Waals surface area contributed by atoms with Crippen molar-refractivity contribution in [2.45, 2.75) is 19.2 Å². The predicted octanol–water partition coefficient (Wildman–Crippen LogP) is 5.36. The molecule has 0 amide bonds. The Morgan fingerprint density at radius 2 is 1.87 bits per heavy atom. The van der Waals surface area contributed by atoms with Crippen LogP contribution in [0.5, 0.6) is 5.75 Å². The molecule has 1 aliphatic rings. The molecule has 0 aromatic heterocycles. The minimum atomic E-state index is -4.39. The number of hydrogen-bond donors (Lipinski definition) is 0. The number of hydrogen-bond acceptors (Lipinski definition) is 2. The molecule has 0 aliphatic carbocycles. The molecule has 0 N–H and O–H groups in total. The van der Waals surface area contributed by atoms with E-state index in [2.05, 4.69) is 0 Å². The van der Waals surface area contributed by atoms with Gasteiger partial charge in [0.2, 0.25) is 0 Å². The number of rotatable bonds is 3. The Balaban J connectivity index is 2.12. The number of anilines is 2. The molecule has 0 fully saturated rings. The molecule has 1 heterocycles. The molecule has 0 bridgehead atoms. The average Bonchev–Trinajstić information content (AvgIpc) is 2.68. The molecule has 23 heavy (non-hydrogen) atoms. The largest absolute Gasteiger partial charge is 0.487 e. The zero-order valence-electron chi connectivity index (χ0n) is 12.2. The van der Waals surface area contributed by atoms with E-state index in [1.807, 2.05) is 29.2 Å². The van der Waals surface area contributed by atoms with Gasteiger partial charge in [-0.05, 0) is 30.7 Å². The normalized spacial score (nSPS) is 13.8. The van der Waals surface area contributed by atoms with Crippen LogP contribution in [0.25, 0.3) is 0 Å². The molecule has 6 heteroatoms. The maximum atomic E-state index is 13.1. The lowest BCUT2D eigenvalue weighted by molar-refractivity contribution is -0.137. The van der Waals surface area contributed by atoms with E-state index in [0.29, 0.717) is 36.9 Å². The Hall–Kier alpha value is -1.88. The molecule has 2 aromatic rings. The number of para-hydroxylation sites is 1. The van der Waals surface area contributed by atoms with Crippen molar-refractivity contribution in [3.8, 4) is 5.75 Å². The molecule has 0 atom stereocenters. The predicted molar refractivity (Wildman–Crippen MR) is 84.6 cm³/mol. The summed E-state index contributed by atoms with van der Waals surface area (Å²) in [6.45, 7) is 0.851. The summed E-state index contributed by atoms with van der Waals surface area (Å²) in [7, 11) is 0. The minimum absolute atomic E-state index is 0.325. The van der Waals surface area contributed by atoms with Gasteiger partial charge in [0.25, 0.3) is 0 Å². The van der Waals surface area contributed by atoms with Crippen molar-refractivity contribution in [3.05, 3.63) is 53.6 Å². The fraction of sp³-hybridized carbons (Fsp3) is 0.294.